The van der Waals surface area contributed by atoms with E-state index in [2.05, 4.69) is 22.6 Å². The highest BCUT2D eigenvalue weighted by Gasteiger charge is 1.95. The summed E-state index contributed by atoms with van der Waals surface area (Å²) in [6.45, 7) is 2.62. The van der Waals surface area contributed by atoms with Gasteiger partial charge in [-0.05, 0) is 12.1 Å². The molecule has 0 bridgehead atoms. The van der Waals surface area contributed by atoms with Crippen molar-refractivity contribution in [3.05, 3.63) is 54.4 Å². The minimum atomic E-state index is 0.833. The number of aromatic nitrogens is 2. The lowest BCUT2D eigenvalue weighted by Crippen LogP contribution is -2.20. The lowest BCUT2D eigenvalue weighted by atomic mass is 10.2. The van der Waals surface area contributed by atoms with Crippen molar-refractivity contribution in [3.8, 4) is 5.75 Å². The summed E-state index contributed by atoms with van der Waals surface area (Å²) < 4.78 is 7.20. The molecule has 1 aromatic carbocycles. The van der Waals surface area contributed by atoms with Crippen LogP contribution in [0.15, 0.2) is 48.8 Å². The summed E-state index contributed by atoms with van der Waals surface area (Å²) in [5.41, 5.74) is 1.10. The van der Waals surface area contributed by atoms with Crippen LogP contribution in [-0.2, 0) is 6.54 Å². The molecule has 19 heavy (non-hydrogen) atoms. The molecule has 4 heteroatoms. The predicted octanol–water partition coefficient (Wildman–Crippen LogP) is 2.19. The molecule has 0 fully saturated rings. The Labute approximate surface area is 113 Å². The molecule has 100 valence electrons. The van der Waals surface area contributed by atoms with Gasteiger partial charge >= 0.3 is 0 Å². The monoisotopic (exact) mass is 257 g/mol. The fraction of sp³-hybridized carbons (Fsp3) is 0.267. The van der Waals surface area contributed by atoms with Gasteiger partial charge < -0.3 is 10.1 Å². The van der Waals surface area contributed by atoms with Crippen molar-refractivity contribution in [1.29, 1.82) is 0 Å². The molecule has 0 atom stereocenters. The number of hydrogen-bond acceptors (Lipinski definition) is 3. The maximum absolute atomic E-state index is 5.29. The highest BCUT2D eigenvalue weighted by Crippen LogP contribution is 2.18. The number of benzene rings is 1. The van der Waals surface area contributed by atoms with E-state index in [0.717, 1.165) is 30.9 Å². The second-order valence-corrected chi connectivity index (χ2v) is 4.12. The van der Waals surface area contributed by atoms with Crippen LogP contribution in [0.1, 0.15) is 5.56 Å². The molecule has 0 saturated heterocycles. The Bertz CT molecular complexity index is 506. The van der Waals surface area contributed by atoms with E-state index in [9.17, 15) is 0 Å². The van der Waals surface area contributed by atoms with Gasteiger partial charge in [0.2, 0.25) is 0 Å². The van der Waals surface area contributed by atoms with E-state index >= 15 is 0 Å². The molecule has 0 aliphatic heterocycles. The molecule has 1 N–H and O–H groups in total. The zero-order chi connectivity index (χ0) is 13.3. The highest BCUT2D eigenvalue weighted by atomic mass is 16.5. The lowest BCUT2D eigenvalue weighted by molar-refractivity contribution is 0.414. The van der Waals surface area contributed by atoms with Gasteiger partial charge in [0.15, 0.2) is 0 Å². The van der Waals surface area contributed by atoms with Crippen molar-refractivity contribution in [3.63, 3.8) is 0 Å². The van der Waals surface area contributed by atoms with Crippen LogP contribution < -0.4 is 10.1 Å². The van der Waals surface area contributed by atoms with Crippen LogP contribution in [-0.4, -0.2) is 30.0 Å². The summed E-state index contributed by atoms with van der Waals surface area (Å²) in [4.78, 5) is 0. The van der Waals surface area contributed by atoms with Crippen LogP contribution in [0.25, 0.3) is 6.08 Å². The smallest absolute Gasteiger partial charge is 0.126 e. The van der Waals surface area contributed by atoms with Gasteiger partial charge in [0, 0.05) is 31.0 Å². The number of methoxy groups -OCH3 is 1. The van der Waals surface area contributed by atoms with Crippen LogP contribution >= 0.6 is 0 Å². The summed E-state index contributed by atoms with van der Waals surface area (Å²) in [5, 5.41) is 7.49. The van der Waals surface area contributed by atoms with Gasteiger partial charge in [-0.3, -0.25) is 4.68 Å². The minimum absolute atomic E-state index is 0.833. The zero-order valence-electron chi connectivity index (χ0n) is 11.1. The van der Waals surface area contributed by atoms with Gasteiger partial charge in [-0.1, -0.05) is 30.4 Å². The van der Waals surface area contributed by atoms with Gasteiger partial charge in [0.05, 0.1) is 13.7 Å². The second-order valence-electron chi connectivity index (χ2n) is 4.12. The van der Waals surface area contributed by atoms with Crippen molar-refractivity contribution < 1.29 is 4.74 Å². The molecule has 0 unspecified atom stereocenters. The van der Waals surface area contributed by atoms with Crippen LogP contribution in [0.5, 0.6) is 5.75 Å². The molecule has 0 aliphatic rings. The quantitative estimate of drug-likeness (QED) is 0.773. The number of para-hydroxylation sites is 1. The van der Waals surface area contributed by atoms with Gasteiger partial charge in [0.1, 0.15) is 5.75 Å². The molecule has 1 heterocycles. The maximum atomic E-state index is 5.29. The van der Waals surface area contributed by atoms with E-state index in [-0.39, 0.29) is 0 Å². The summed E-state index contributed by atoms with van der Waals surface area (Å²) in [7, 11) is 1.69. The van der Waals surface area contributed by atoms with Crippen LogP contribution in [0.2, 0.25) is 0 Å². The van der Waals surface area contributed by atoms with Crippen molar-refractivity contribution in [2.75, 3.05) is 20.2 Å². The summed E-state index contributed by atoms with van der Waals surface area (Å²) in [5.74, 6) is 0.898. The Balaban J connectivity index is 1.71. The van der Waals surface area contributed by atoms with Gasteiger partial charge in [-0.2, -0.15) is 5.10 Å². The van der Waals surface area contributed by atoms with Crippen molar-refractivity contribution in [2.45, 2.75) is 6.54 Å². The van der Waals surface area contributed by atoms with Crippen LogP contribution in [0.4, 0.5) is 0 Å². The number of nitrogens with zero attached hydrogens (tertiary/aromatic N) is 2. The largest absolute Gasteiger partial charge is 0.496 e. The number of nitrogens with one attached hydrogen (secondary N) is 1. The standard InChI is InChI=1S/C15H19N3O/c1-19-15-8-3-2-6-14(15)7-4-9-16-11-13-18-12-5-10-17-18/h2-8,10,12,16H,9,11,13H2,1H3. The third-order valence-electron chi connectivity index (χ3n) is 2.78. The highest BCUT2D eigenvalue weighted by molar-refractivity contribution is 5.57. The average molecular weight is 257 g/mol. The van der Waals surface area contributed by atoms with E-state index in [1.54, 1.807) is 13.3 Å². The van der Waals surface area contributed by atoms with Crippen LogP contribution in [0.3, 0.4) is 0 Å². The molecule has 0 amide bonds. The Morgan fingerprint density at radius 1 is 1.32 bits per heavy atom. The summed E-state index contributed by atoms with van der Waals surface area (Å²) in [6.07, 6.45) is 7.93. The molecule has 2 aromatic rings. The first kappa shape index (κ1) is 13.4. The first-order valence-electron chi connectivity index (χ1n) is 6.38. The van der Waals surface area contributed by atoms with Crippen LogP contribution in [0, 0.1) is 0 Å². The molecular formula is C15H19N3O. The third-order valence-corrected chi connectivity index (χ3v) is 2.78. The summed E-state index contributed by atoms with van der Waals surface area (Å²) >= 11 is 0. The van der Waals surface area contributed by atoms with E-state index in [1.807, 2.05) is 41.2 Å². The van der Waals surface area contributed by atoms with Gasteiger partial charge in [0.25, 0.3) is 0 Å². The summed E-state index contributed by atoms with van der Waals surface area (Å²) in [6, 6.07) is 9.91. The fourth-order valence-electron chi connectivity index (χ4n) is 1.80. The lowest BCUT2D eigenvalue weighted by Gasteiger charge is -2.04. The first-order chi connectivity index (χ1) is 9.40. The molecule has 4 nitrogen and oxygen atoms in total. The Hall–Kier alpha value is -2.07. The normalized spacial score (nSPS) is 11.0. The van der Waals surface area contributed by atoms with E-state index in [1.165, 1.54) is 0 Å². The third kappa shape index (κ3) is 4.26. The van der Waals surface area contributed by atoms with E-state index in [0.29, 0.717) is 0 Å². The molecule has 0 radical (unpaired) electrons. The molecule has 2 rings (SSSR count). The molecule has 1 aromatic heterocycles. The first-order valence-corrected chi connectivity index (χ1v) is 6.38. The van der Waals surface area contributed by atoms with Crippen molar-refractivity contribution >= 4 is 6.08 Å². The fourth-order valence-corrected chi connectivity index (χ4v) is 1.80. The van der Waals surface area contributed by atoms with Gasteiger partial charge in [-0.25, -0.2) is 0 Å². The number of hydrogen-bond donors (Lipinski definition) is 1. The van der Waals surface area contributed by atoms with Crippen molar-refractivity contribution in [1.82, 2.24) is 15.1 Å². The molecular weight excluding hydrogens is 238 g/mol. The number of ether oxygens (including phenoxy) is 1. The Morgan fingerprint density at radius 3 is 3.00 bits per heavy atom. The van der Waals surface area contributed by atoms with E-state index in [4.69, 9.17) is 4.74 Å². The molecule has 0 saturated carbocycles. The topological polar surface area (TPSA) is 39.1 Å². The average Bonchev–Trinajstić information content (AvgIpc) is 2.96. The zero-order valence-corrected chi connectivity index (χ0v) is 11.1. The SMILES string of the molecule is COc1ccccc1C=CCNCCn1cccn1. The maximum Gasteiger partial charge on any atom is 0.126 e. The number of rotatable bonds is 7. The van der Waals surface area contributed by atoms with Crippen molar-refractivity contribution in [2.24, 2.45) is 0 Å². The van der Waals surface area contributed by atoms with Gasteiger partial charge in [-0.15, -0.1) is 0 Å². The molecule has 0 spiro atoms. The Kier molecular flexibility index (Phi) is 5.19. The second kappa shape index (κ2) is 7.38. The van der Waals surface area contributed by atoms with E-state index < -0.39 is 0 Å². The minimum Gasteiger partial charge on any atom is -0.496 e. The predicted molar refractivity (Wildman–Crippen MR) is 77.1 cm³/mol. The molecule has 0 aliphatic carbocycles. The Morgan fingerprint density at radius 2 is 2.21 bits per heavy atom.